The second-order valence-corrected chi connectivity index (χ2v) is 5.09. The number of rotatable bonds is 6. The first-order valence-corrected chi connectivity index (χ1v) is 6.63. The third-order valence-corrected chi connectivity index (χ3v) is 2.76. The number of nitrogens with zero attached hydrogens (tertiary/aromatic N) is 4. The van der Waals surface area contributed by atoms with Crippen LogP contribution in [0.4, 0.5) is 11.5 Å². The van der Waals surface area contributed by atoms with Gasteiger partial charge in [0.15, 0.2) is 5.82 Å². The van der Waals surface area contributed by atoms with Gasteiger partial charge in [0, 0.05) is 31.7 Å². The smallest absolute Gasteiger partial charge is 0.293 e. The summed E-state index contributed by atoms with van der Waals surface area (Å²) < 4.78 is 3.39. The second-order valence-electron chi connectivity index (χ2n) is 5.09. The van der Waals surface area contributed by atoms with E-state index in [0.717, 1.165) is 0 Å². The van der Waals surface area contributed by atoms with E-state index in [1.807, 2.05) is 0 Å². The molecule has 2 aromatic heterocycles. The van der Waals surface area contributed by atoms with Crippen LogP contribution in [-0.2, 0) is 13.1 Å². The van der Waals surface area contributed by atoms with Gasteiger partial charge in [-0.15, -0.1) is 0 Å². The predicted octanol–water partition coefficient (Wildman–Crippen LogP) is 0.790. The number of nitrogen functional groups attached to an aromatic ring is 1. The van der Waals surface area contributed by atoms with Crippen molar-refractivity contribution in [3.05, 3.63) is 35.1 Å². The van der Waals surface area contributed by atoms with Crippen LogP contribution in [0.2, 0.25) is 0 Å². The van der Waals surface area contributed by atoms with Gasteiger partial charge in [-0.1, -0.05) is 13.8 Å². The Hall–Kier alpha value is -2.31. The summed E-state index contributed by atoms with van der Waals surface area (Å²) in [7, 11) is 0. The minimum atomic E-state index is -0.0961. The SMILES string of the molecule is CC(C)Cn1ccnc(NCCn2cc(N)cn2)c1=O. The lowest BCUT2D eigenvalue weighted by atomic mass is 10.2. The van der Waals surface area contributed by atoms with Gasteiger partial charge in [-0.25, -0.2) is 4.98 Å². The fourth-order valence-corrected chi connectivity index (χ4v) is 1.90. The van der Waals surface area contributed by atoms with Crippen LogP contribution in [0, 0.1) is 5.92 Å². The molecule has 0 unspecified atom stereocenters. The summed E-state index contributed by atoms with van der Waals surface area (Å²) in [6, 6.07) is 0. The fourth-order valence-electron chi connectivity index (χ4n) is 1.90. The van der Waals surface area contributed by atoms with Gasteiger partial charge < -0.3 is 15.6 Å². The molecular weight excluding hydrogens is 256 g/mol. The third kappa shape index (κ3) is 3.59. The Morgan fingerprint density at radius 3 is 2.90 bits per heavy atom. The van der Waals surface area contributed by atoms with Crippen molar-refractivity contribution in [2.75, 3.05) is 17.6 Å². The number of anilines is 2. The maximum absolute atomic E-state index is 12.1. The Morgan fingerprint density at radius 1 is 1.45 bits per heavy atom. The van der Waals surface area contributed by atoms with Crippen molar-refractivity contribution in [3.63, 3.8) is 0 Å². The molecule has 0 saturated carbocycles. The van der Waals surface area contributed by atoms with Crippen molar-refractivity contribution < 1.29 is 0 Å². The van der Waals surface area contributed by atoms with E-state index in [1.54, 1.807) is 34.0 Å². The molecule has 0 radical (unpaired) electrons. The topological polar surface area (TPSA) is 90.8 Å². The van der Waals surface area contributed by atoms with Gasteiger partial charge in [0.05, 0.1) is 18.4 Å². The van der Waals surface area contributed by atoms with Crippen LogP contribution in [0.5, 0.6) is 0 Å². The standard InChI is InChI=1S/C13H20N6O/c1-10(2)8-18-5-3-15-12(13(18)20)16-4-6-19-9-11(14)7-17-19/h3,5,7,9-10H,4,6,8,14H2,1-2H3,(H,15,16). The number of hydrogen-bond donors (Lipinski definition) is 2. The van der Waals surface area contributed by atoms with E-state index < -0.39 is 0 Å². The quantitative estimate of drug-likeness (QED) is 0.814. The van der Waals surface area contributed by atoms with E-state index in [4.69, 9.17) is 5.73 Å². The number of aromatic nitrogens is 4. The monoisotopic (exact) mass is 276 g/mol. The summed E-state index contributed by atoms with van der Waals surface area (Å²) in [4.78, 5) is 16.2. The summed E-state index contributed by atoms with van der Waals surface area (Å²) in [6.45, 7) is 6.02. The lowest BCUT2D eigenvalue weighted by Crippen LogP contribution is -2.27. The van der Waals surface area contributed by atoms with Crippen LogP contribution in [-0.4, -0.2) is 25.9 Å². The van der Waals surface area contributed by atoms with Crippen LogP contribution in [0.15, 0.2) is 29.6 Å². The highest BCUT2D eigenvalue weighted by Gasteiger charge is 2.05. The van der Waals surface area contributed by atoms with Crippen LogP contribution in [0.25, 0.3) is 0 Å². The van der Waals surface area contributed by atoms with E-state index in [9.17, 15) is 4.79 Å². The molecule has 108 valence electrons. The second kappa shape index (κ2) is 6.23. The highest BCUT2D eigenvalue weighted by Crippen LogP contribution is 2.00. The number of nitrogens with one attached hydrogen (secondary N) is 1. The lowest BCUT2D eigenvalue weighted by Gasteiger charge is -2.10. The highest BCUT2D eigenvalue weighted by molar-refractivity contribution is 5.31. The molecule has 2 rings (SSSR count). The van der Waals surface area contributed by atoms with Crippen molar-refractivity contribution in [2.24, 2.45) is 5.92 Å². The van der Waals surface area contributed by atoms with Crippen molar-refractivity contribution in [1.29, 1.82) is 0 Å². The average Bonchev–Trinajstić information content (AvgIpc) is 2.79. The van der Waals surface area contributed by atoms with Crippen molar-refractivity contribution in [2.45, 2.75) is 26.9 Å². The van der Waals surface area contributed by atoms with Gasteiger partial charge in [0.25, 0.3) is 5.56 Å². The maximum atomic E-state index is 12.1. The molecule has 0 saturated heterocycles. The van der Waals surface area contributed by atoms with E-state index in [0.29, 0.717) is 37.1 Å². The normalized spacial score (nSPS) is 10.9. The van der Waals surface area contributed by atoms with Crippen LogP contribution >= 0.6 is 0 Å². The van der Waals surface area contributed by atoms with Crippen molar-refractivity contribution in [1.82, 2.24) is 19.3 Å². The molecule has 0 aliphatic carbocycles. The lowest BCUT2D eigenvalue weighted by molar-refractivity contribution is 0.509. The summed E-state index contributed by atoms with van der Waals surface area (Å²) >= 11 is 0. The molecule has 3 N–H and O–H groups in total. The van der Waals surface area contributed by atoms with E-state index >= 15 is 0 Å². The third-order valence-electron chi connectivity index (χ3n) is 2.76. The molecule has 0 atom stereocenters. The molecule has 0 spiro atoms. The molecule has 0 aromatic carbocycles. The molecule has 0 bridgehead atoms. The first kappa shape index (κ1) is 14.1. The molecule has 0 aliphatic rings. The first-order chi connectivity index (χ1) is 9.56. The molecule has 20 heavy (non-hydrogen) atoms. The summed E-state index contributed by atoms with van der Waals surface area (Å²) in [5.74, 6) is 0.781. The Morgan fingerprint density at radius 2 is 2.25 bits per heavy atom. The van der Waals surface area contributed by atoms with Gasteiger partial charge in [0.1, 0.15) is 0 Å². The Bertz CT molecular complexity index is 615. The molecule has 7 heteroatoms. The van der Waals surface area contributed by atoms with Crippen LogP contribution < -0.4 is 16.6 Å². The molecule has 0 amide bonds. The first-order valence-electron chi connectivity index (χ1n) is 6.63. The van der Waals surface area contributed by atoms with Gasteiger partial charge in [0.2, 0.25) is 0 Å². The van der Waals surface area contributed by atoms with E-state index in [-0.39, 0.29) is 5.56 Å². The molecule has 0 fully saturated rings. The summed E-state index contributed by atoms with van der Waals surface area (Å²) in [5, 5.41) is 7.11. The highest BCUT2D eigenvalue weighted by atomic mass is 16.1. The molecular formula is C13H20N6O. The Labute approximate surface area is 117 Å². The average molecular weight is 276 g/mol. The summed E-state index contributed by atoms with van der Waals surface area (Å²) in [6.07, 6.45) is 6.69. The molecule has 2 heterocycles. The zero-order valence-electron chi connectivity index (χ0n) is 11.8. The Kier molecular flexibility index (Phi) is 4.39. The largest absolute Gasteiger partial charge is 0.396 e. The van der Waals surface area contributed by atoms with E-state index in [1.165, 1.54) is 0 Å². The van der Waals surface area contributed by atoms with Crippen molar-refractivity contribution >= 4 is 11.5 Å². The van der Waals surface area contributed by atoms with Crippen molar-refractivity contribution in [3.8, 4) is 0 Å². The fraction of sp³-hybridized carbons (Fsp3) is 0.462. The van der Waals surface area contributed by atoms with E-state index in [2.05, 4.69) is 29.2 Å². The zero-order valence-corrected chi connectivity index (χ0v) is 11.8. The maximum Gasteiger partial charge on any atom is 0.293 e. The number of hydrogen-bond acceptors (Lipinski definition) is 5. The minimum Gasteiger partial charge on any atom is -0.396 e. The predicted molar refractivity (Wildman–Crippen MR) is 78.5 cm³/mol. The molecule has 0 aliphatic heterocycles. The Balaban J connectivity index is 1.97. The number of nitrogens with two attached hydrogens (primary N) is 1. The molecule has 2 aromatic rings. The van der Waals surface area contributed by atoms with Gasteiger partial charge in [-0.3, -0.25) is 9.48 Å². The van der Waals surface area contributed by atoms with Gasteiger partial charge >= 0.3 is 0 Å². The summed E-state index contributed by atoms with van der Waals surface area (Å²) in [5.41, 5.74) is 6.11. The van der Waals surface area contributed by atoms with Gasteiger partial charge in [-0.2, -0.15) is 5.10 Å². The van der Waals surface area contributed by atoms with Gasteiger partial charge in [-0.05, 0) is 5.92 Å². The van der Waals surface area contributed by atoms with Crippen LogP contribution in [0.3, 0.4) is 0 Å². The zero-order chi connectivity index (χ0) is 14.5. The van der Waals surface area contributed by atoms with Crippen LogP contribution in [0.1, 0.15) is 13.8 Å². The minimum absolute atomic E-state index is 0.0961. The molecule has 7 nitrogen and oxygen atoms in total.